The van der Waals surface area contributed by atoms with Gasteiger partial charge in [0.05, 0.1) is 22.5 Å². The molecule has 0 saturated carbocycles. The van der Waals surface area contributed by atoms with Gasteiger partial charge in [-0.3, -0.25) is 0 Å². The summed E-state index contributed by atoms with van der Waals surface area (Å²) in [5, 5.41) is 5.85. The molecular weight excluding hydrogens is 336 g/mol. The van der Waals surface area contributed by atoms with Crippen LogP contribution in [0.4, 0.5) is 4.79 Å². The van der Waals surface area contributed by atoms with E-state index < -0.39 is 10.0 Å². The second-order valence-corrected chi connectivity index (χ2v) is 8.94. The Bertz CT molecular complexity index is 644. The molecule has 2 amide bonds. The van der Waals surface area contributed by atoms with Crippen LogP contribution in [0.5, 0.6) is 0 Å². The highest BCUT2D eigenvalue weighted by atomic mass is 32.2. The van der Waals surface area contributed by atoms with Crippen molar-refractivity contribution in [3.63, 3.8) is 0 Å². The fourth-order valence-electron chi connectivity index (χ4n) is 2.71. The quantitative estimate of drug-likeness (QED) is 0.832. The maximum absolute atomic E-state index is 12.4. The Hall–Kier alpha value is -1.19. The Morgan fingerprint density at radius 2 is 2.30 bits per heavy atom. The van der Waals surface area contributed by atoms with E-state index in [9.17, 15) is 13.2 Å². The molecule has 1 aromatic rings. The van der Waals surface area contributed by atoms with Gasteiger partial charge in [0.15, 0.2) is 0 Å². The van der Waals surface area contributed by atoms with Crippen molar-refractivity contribution in [1.29, 1.82) is 0 Å². The Labute approximate surface area is 141 Å². The third kappa shape index (κ3) is 5.15. The van der Waals surface area contributed by atoms with Gasteiger partial charge in [-0.25, -0.2) is 22.9 Å². The van der Waals surface area contributed by atoms with Gasteiger partial charge in [0, 0.05) is 18.5 Å². The molecule has 0 aliphatic carbocycles. The topological polar surface area (TPSA) is 91.4 Å². The lowest BCUT2D eigenvalue weighted by Crippen LogP contribution is -2.47. The second-order valence-electron chi connectivity index (χ2n) is 5.90. The van der Waals surface area contributed by atoms with Gasteiger partial charge in [0.25, 0.3) is 0 Å². The molecule has 2 atom stereocenters. The van der Waals surface area contributed by atoms with E-state index in [-0.39, 0.29) is 23.7 Å². The highest BCUT2D eigenvalue weighted by molar-refractivity contribution is 7.89. The molecule has 23 heavy (non-hydrogen) atoms. The summed E-state index contributed by atoms with van der Waals surface area (Å²) >= 11 is 1.55. The van der Waals surface area contributed by atoms with E-state index in [1.54, 1.807) is 16.2 Å². The summed E-state index contributed by atoms with van der Waals surface area (Å²) in [5.74, 6) is 0.0393. The number of hydrogen-bond acceptors (Lipinski definition) is 5. The number of carbonyl (C=O) groups is 1. The monoisotopic (exact) mass is 360 g/mol. The zero-order chi connectivity index (χ0) is 17.0. The van der Waals surface area contributed by atoms with Crippen LogP contribution in [-0.2, 0) is 10.0 Å². The average Bonchev–Trinajstić information content (AvgIpc) is 2.94. The molecule has 0 aromatic carbocycles. The van der Waals surface area contributed by atoms with Gasteiger partial charge in [-0.15, -0.1) is 11.3 Å². The molecule has 2 N–H and O–H groups in total. The zero-order valence-electron chi connectivity index (χ0n) is 13.7. The van der Waals surface area contributed by atoms with Crippen molar-refractivity contribution in [1.82, 2.24) is 19.9 Å². The van der Waals surface area contributed by atoms with Crippen LogP contribution in [0.25, 0.3) is 0 Å². The van der Waals surface area contributed by atoms with E-state index in [1.165, 1.54) is 7.05 Å². The van der Waals surface area contributed by atoms with Crippen molar-refractivity contribution in [2.45, 2.75) is 32.7 Å². The van der Waals surface area contributed by atoms with Crippen molar-refractivity contribution in [2.75, 3.05) is 25.9 Å². The number of carbonyl (C=O) groups excluding carboxylic acids is 1. The van der Waals surface area contributed by atoms with Gasteiger partial charge in [0.1, 0.15) is 0 Å². The Balaban J connectivity index is 1.91. The Kier molecular flexibility index (Phi) is 5.99. The normalized spacial score (nSPS) is 20.3. The highest BCUT2D eigenvalue weighted by Gasteiger charge is 2.27. The van der Waals surface area contributed by atoms with Gasteiger partial charge in [-0.2, -0.15) is 0 Å². The van der Waals surface area contributed by atoms with Gasteiger partial charge in [0.2, 0.25) is 10.0 Å². The average molecular weight is 361 g/mol. The molecule has 2 heterocycles. The minimum atomic E-state index is -3.25. The number of amides is 2. The van der Waals surface area contributed by atoms with E-state index >= 15 is 0 Å². The summed E-state index contributed by atoms with van der Waals surface area (Å²) in [5.41, 5.74) is 0.854. The van der Waals surface area contributed by atoms with E-state index in [0.29, 0.717) is 13.1 Å². The number of thiazole rings is 1. The molecule has 2 unspecified atom stereocenters. The van der Waals surface area contributed by atoms with Crippen LogP contribution >= 0.6 is 11.3 Å². The van der Waals surface area contributed by atoms with Crippen molar-refractivity contribution >= 4 is 27.4 Å². The summed E-state index contributed by atoms with van der Waals surface area (Å²) in [6.07, 6.45) is 1.65. The van der Waals surface area contributed by atoms with Crippen LogP contribution in [0.3, 0.4) is 0 Å². The fourth-order valence-corrected chi connectivity index (χ4v) is 4.47. The smallest absolute Gasteiger partial charge is 0.317 e. The maximum Gasteiger partial charge on any atom is 0.317 e. The Morgan fingerprint density at radius 1 is 1.57 bits per heavy atom. The third-order valence-electron chi connectivity index (χ3n) is 3.99. The van der Waals surface area contributed by atoms with Gasteiger partial charge in [-0.05, 0) is 39.7 Å². The van der Waals surface area contributed by atoms with Crippen molar-refractivity contribution in [3.8, 4) is 0 Å². The van der Waals surface area contributed by atoms with E-state index in [2.05, 4.69) is 15.0 Å². The lowest BCUT2D eigenvalue weighted by molar-refractivity contribution is 0.167. The predicted molar refractivity (Wildman–Crippen MR) is 90.9 cm³/mol. The first-order valence-electron chi connectivity index (χ1n) is 7.69. The predicted octanol–water partition coefficient (Wildman–Crippen LogP) is 1.48. The number of piperidine rings is 1. The largest absolute Gasteiger partial charge is 0.330 e. The first-order chi connectivity index (χ1) is 10.8. The number of likely N-dealkylation sites (tertiary alicyclic amines) is 1. The SMILES string of the molecule is CNS(=O)(=O)CC1CCCN(C(=O)NC(C)c2csc(C)n2)C1. The molecule has 130 valence electrons. The lowest BCUT2D eigenvalue weighted by Gasteiger charge is -2.33. The van der Waals surface area contributed by atoms with Crippen LogP contribution in [0, 0.1) is 12.8 Å². The molecule has 0 bridgehead atoms. The van der Waals surface area contributed by atoms with Crippen LogP contribution in [0.15, 0.2) is 5.38 Å². The number of nitrogens with one attached hydrogen (secondary N) is 2. The molecule has 1 aliphatic rings. The van der Waals surface area contributed by atoms with E-state index in [4.69, 9.17) is 0 Å². The molecule has 1 aliphatic heterocycles. The lowest BCUT2D eigenvalue weighted by atomic mass is 10.0. The zero-order valence-corrected chi connectivity index (χ0v) is 15.3. The van der Waals surface area contributed by atoms with Crippen LogP contribution in [-0.4, -0.2) is 50.2 Å². The van der Waals surface area contributed by atoms with Crippen molar-refractivity contribution < 1.29 is 13.2 Å². The van der Waals surface area contributed by atoms with Gasteiger partial charge >= 0.3 is 6.03 Å². The molecule has 7 nitrogen and oxygen atoms in total. The summed E-state index contributed by atoms with van der Waals surface area (Å²) in [7, 11) is -1.83. The molecule has 2 rings (SSSR count). The standard InChI is InChI=1S/C14H24N4O3S2/c1-10(13-8-22-11(2)17-13)16-14(19)18-6-4-5-12(7-18)9-23(20,21)15-3/h8,10,12,15H,4-7,9H2,1-3H3,(H,16,19). The van der Waals surface area contributed by atoms with Crippen LogP contribution in [0.2, 0.25) is 0 Å². The molecule has 0 radical (unpaired) electrons. The highest BCUT2D eigenvalue weighted by Crippen LogP contribution is 2.20. The number of hydrogen-bond donors (Lipinski definition) is 2. The van der Waals surface area contributed by atoms with Crippen LogP contribution < -0.4 is 10.0 Å². The molecule has 1 fully saturated rings. The Morgan fingerprint density at radius 3 is 2.91 bits per heavy atom. The minimum absolute atomic E-state index is 0.0243. The molecular formula is C14H24N4O3S2. The first kappa shape index (κ1) is 18.2. The van der Waals surface area contributed by atoms with E-state index in [0.717, 1.165) is 23.5 Å². The summed E-state index contributed by atoms with van der Waals surface area (Å²) in [6, 6.07) is -0.316. The molecule has 1 aromatic heterocycles. The summed E-state index contributed by atoms with van der Waals surface area (Å²) in [6.45, 7) is 4.96. The number of rotatable bonds is 5. The summed E-state index contributed by atoms with van der Waals surface area (Å²) < 4.78 is 25.7. The minimum Gasteiger partial charge on any atom is -0.330 e. The number of aryl methyl sites for hydroxylation is 1. The number of sulfonamides is 1. The van der Waals surface area contributed by atoms with Crippen LogP contribution in [0.1, 0.15) is 36.5 Å². The van der Waals surface area contributed by atoms with Crippen molar-refractivity contribution in [2.24, 2.45) is 5.92 Å². The fraction of sp³-hybridized carbons (Fsp3) is 0.714. The van der Waals surface area contributed by atoms with Gasteiger partial charge in [-0.1, -0.05) is 0 Å². The number of aromatic nitrogens is 1. The first-order valence-corrected chi connectivity index (χ1v) is 10.2. The second kappa shape index (κ2) is 7.59. The molecule has 0 spiro atoms. The summed E-state index contributed by atoms with van der Waals surface area (Å²) in [4.78, 5) is 18.5. The maximum atomic E-state index is 12.4. The van der Waals surface area contributed by atoms with Gasteiger partial charge < -0.3 is 10.2 Å². The van der Waals surface area contributed by atoms with E-state index in [1.807, 2.05) is 19.2 Å². The number of nitrogens with zero attached hydrogens (tertiary/aromatic N) is 2. The number of urea groups is 1. The molecule has 1 saturated heterocycles. The van der Waals surface area contributed by atoms with Crippen molar-refractivity contribution in [3.05, 3.63) is 16.1 Å². The molecule has 9 heteroatoms. The third-order valence-corrected chi connectivity index (χ3v) is 6.32.